The van der Waals surface area contributed by atoms with E-state index in [-0.39, 0.29) is 6.09 Å². The van der Waals surface area contributed by atoms with Crippen molar-refractivity contribution in [2.45, 2.75) is 78.9 Å². The number of amides is 1. The highest BCUT2D eigenvalue weighted by Gasteiger charge is 2.51. The summed E-state index contributed by atoms with van der Waals surface area (Å²) in [6, 6.07) is 2.88. The van der Waals surface area contributed by atoms with Gasteiger partial charge in [0.2, 0.25) is 0 Å². The number of thiophene rings is 1. The summed E-state index contributed by atoms with van der Waals surface area (Å²) >= 11 is 1.80. The predicted octanol–water partition coefficient (Wildman–Crippen LogP) is 5.44. The lowest BCUT2D eigenvalue weighted by molar-refractivity contribution is -0.0610. The molecule has 36 heavy (non-hydrogen) atoms. The van der Waals surface area contributed by atoms with E-state index in [4.69, 9.17) is 9.72 Å². The molecule has 198 valence electrons. The lowest BCUT2D eigenvalue weighted by Gasteiger charge is -2.55. The molecule has 3 aliphatic rings. The molecule has 0 radical (unpaired) electrons. The molecule has 5 heterocycles. The number of carbonyl (C=O) groups excluding carboxylic acids is 1. The Morgan fingerprint density at radius 2 is 1.89 bits per heavy atom. The minimum atomic E-state index is -0.436. The maximum atomic E-state index is 12.5. The first-order valence-corrected chi connectivity index (χ1v) is 14.6. The Morgan fingerprint density at radius 1 is 1.17 bits per heavy atom. The van der Waals surface area contributed by atoms with Crippen LogP contribution in [-0.2, 0) is 11.2 Å². The van der Waals surface area contributed by atoms with Gasteiger partial charge in [-0.1, -0.05) is 20.8 Å². The van der Waals surface area contributed by atoms with E-state index in [1.165, 1.54) is 29.8 Å². The fourth-order valence-electron chi connectivity index (χ4n) is 6.73. The van der Waals surface area contributed by atoms with Crippen LogP contribution in [0.4, 0.5) is 10.6 Å². The number of hydrogen-bond donors (Lipinski definition) is 0. The van der Waals surface area contributed by atoms with E-state index in [1.54, 1.807) is 17.7 Å². The zero-order valence-corrected chi connectivity index (χ0v) is 23.7. The van der Waals surface area contributed by atoms with Crippen molar-refractivity contribution in [3.05, 3.63) is 17.3 Å². The average molecular weight is 514 g/mol. The van der Waals surface area contributed by atoms with Crippen molar-refractivity contribution in [2.75, 3.05) is 44.2 Å². The van der Waals surface area contributed by atoms with Gasteiger partial charge in [0.05, 0.1) is 5.39 Å². The number of nitrogens with zero attached hydrogens (tertiary/aromatic N) is 5. The van der Waals surface area contributed by atoms with Crippen LogP contribution in [-0.4, -0.2) is 76.8 Å². The van der Waals surface area contributed by atoms with Crippen LogP contribution >= 0.6 is 11.3 Å². The van der Waals surface area contributed by atoms with Gasteiger partial charge in [-0.25, -0.2) is 14.8 Å². The van der Waals surface area contributed by atoms with Crippen molar-refractivity contribution >= 4 is 33.5 Å². The average Bonchev–Trinajstić information content (AvgIpc) is 3.42. The van der Waals surface area contributed by atoms with Crippen molar-refractivity contribution in [2.24, 2.45) is 17.3 Å². The molecule has 3 fully saturated rings. The normalized spacial score (nSPS) is 22.0. The number of fused-ring (bicyclic) bond motifs is 1. The van der Waals surface area contributed by atoms with Gasteiger partial charge < -0.3 is 14.5 Å². The molecule has 0 aromatic carbocycles. The van der Waals surface area contributed by atoms with Crippen LogP contribution in [0.3, 0.4) is 0 Å². The smallest absolute Gasteiger partial charge is 0.410 e. The Bertz CT molecular complexity index is 1080. The topological polar surface area (TPSA) is 61.8 Å². The second-order valence-corrected chi connectivity index (χ2v) is 13.7. The van der Waals surface area contributed by atoms with Crippen LogP contribution in [0.5, 0.6) is 0 Å². The van der Waals surface area contributed by atoms with Crippen molar-refractivity contribution in [3.63, 3.8) is 0 Å². The summed E-state index contributed by atoms with van der Waals surface area (Å²) in [5.74, 6) is 2.37. The molecular formula is C28H43N5O2S. The third-order valence-corrected chi connectivity index (χ3v) is 9.49. The highest BCUT2D eigenvalue weighted by atomic mass is 32.1. The first kappa shape index (κ1) is 25.7. The molecule has 5 rings (SSSR count). The number of rotatable bonds is 5. The Balaban J connectivity index is 1.19. The summed E-state index contributed by atoms with van der Waals surface area (Å²) in [5, 5.41) is 1.23. The lowest BCUT2D eigenvalue weighted by atomic mass is 9.73. The Kier molecular flexibility index (Phi) is 6.96. The first-order valence-electron chi connectivity index (χ1n) is 13.8. The van der Waals surface area contributed by atoms with Crippen LogP contribution in [0.1, 0.15) is 65.7 Å². The quantitative estimate of drug-likeness (QED) is 0.531. The standard InChI is InChI=1S/C28H43N5O2S/c1-7-21-14-22-24(29-18-30-25(22)36-21)32-13-10-28(15-32)16-33(17-28)23(19(2)3)20-8-11-31(12-9-20)26(34)35-27(4,5)6/h14,18-20,23H,7-13,15-17H2,1-6H3/t23-/m0/s1. The van der Waals surface area contributed by atoms with Crippen molar-refractivity contribution < 1.29 is 9.53 Å². The fourth-order valence-corrected chi connectivity index (χ4v) is 7.66. The molecule has 1 amide bonds. The number of carbonyl (C=O) groups is 1. The van der Waals surface area contributed by atoms with Crippen LogP contribution in [0.2, 0.25) is 0 Å². The minimum Gasteiger partial charge on any atom is -0.444 e. The molecule has 1 spiro atoms. The molecule has 0 saturated carbocycles. The van der Waals surface area contributed by atoms with Crippen molar-refractivity contribution in [3.8, 4) is 0 Å². The number of anilines is 1. The monoisotopic (exact) mass is 513 g/mol. The van der Waals surface area contributed by atoms with Gasteiger partial charge >= 0.3 is 6.09 Å². The van der Waals surface area contributed by atoms with E-state index >= 15 is 0 Å². The van der Waals surface area contributed by atoms with E-state index in [2.05, 4.69) is 41.6 Å². The summed E-state index contributed by atoms with van der Waals surface area (Å²) in [6.07, 6.45) is 5.99. The molecule has 1 atom stereocenters. The van der Waals surface area contributed by atoms with Crippen LogP contribution in [0.25, 0.3) is 10.2 Å². The molecule has 2 aromatic rings. The zero-order chi connectivity index (χ0) is 25.7. The summed E-state index contributed by atoms with van der Waals surface area (Å²) in [4.78, 5) is 31.4. The molecule has 0 unspecified atom stereocenters. The van der Waals surface area contributed by atoms with Gasteiger partial charge in [-0.2, -0.15) is 0 Å². The van der Waals surface area contributed by atoms with E-state index in [0.717, 1.165) is 56.1 Å². The second kappa shape index (κ2) is 9.75. The molecule has 3 aliphatic heterocycles. The SMILES string of the molecule is CCc1cc2c(N3CCC4(C3)CN([C@@H](C(C)C)C3CCN(C(=O)OC(C)(C)C)CC3)C4)ncnc2s1. The van der Waals surface area contributed by atoms with Crippen LogP contribution in [0, 0.1) is 17.3 Å². The molecule has 7 nitrogen and oxygen atoms in total. The summed E-state index contributed by atoms with van der Waals surface area (Å²) in [6.45, 7) is 18.9. The second-order valence-electron chi connectivity index (χ2n) is 12.6. The number of aromatic nitrogens is 2. The third kappa shape index (κ3) is 5.08. The summed E-state index contributed by atoms with van der Waals surface area (Å²) in [5.41, 5.74) is -0.0555. The van der Waals surface area contributed by atoms with Gasteiger partial charge in [0.25, 0.3) is 0 Å². The molecule has 0 bridgehead atoms. The zero-order valence-electron chi connectivity index (χ0n) is 22.9. The molecule has 2 aromatic heterocycles. The summed E-state index contributed by atoms with van der Waals surface area (Å²) in [7, 11) is 0. The number of hydrogen-bond acceptors (Lipinski definition) is 7. The first-order chi connectivity index (χ1) is 17.1. The fraction of sp³-hybridized carbons (Fsp3) is 0.750. The van der Waals surface area contributed by atoms with Gasteiger partial charge in [-0.05, 0) is 64.4 Å². The number of ether oxygens (including phenoxy) is 1. The molecule has 0 aliphatic carbocycles. The lowest BCUT2D eigenvalue weighted by Crippen LogP contribution is -2.64. The summed E-state index contributed by atoms with van der Waals surface area (Å²) < 4.78 is 5.61. The van der Waals surface area contributed by atoms with Crippen molar-refractivity contribution in [1.82, 2.24) is 19.8 Å². The largest absolute Gasteiger partial charge is 0.444 e. The molecule has 8 heteroatoms. The Hall–Kier alpha value is -1.93. The van der Waals surface area contributed by atoms with Gasteiger partial charge in [0.15, 0.2) is 0 Å². The maximum Gasteiger partial charge on any atom is 0.410 e. The Labute approximate surface area is 220 Å². The predicted molar refractivity (Wildman–Crippen MR) is 147 cm³/mol. The van der Waals surface area contributed by atoms with E-state index in [9.17, 15) is 4.79 Å². The minimum absolute atomic E-state index is 0.161. The van der Waals surface area contributed by atoms with Gasteiger partial charge in [0, 0.05) is 55.6 Å². The highest BCUT2D eigenvalue weighted by molar-refractivity contribution is 7.18. The van der Waals surface area contributed by atoms with Gasteiger partial charge in [-0.3, -0.25) is 4.90 Å². The van der Waals surface area contributed by atoms with Crippen LogP contribution < -0.4 is 4.90 Å². The van der Waals surface area contributed by atoms with E-state index < -0.39 is 5.60 Å². The van der Waals surface area contributed by atoms with E-state index in [0.29, 0.717) is 23.3 Å². The van der Waals surface area contributed by atoms with E-state index in [1.807, 2.05) is 25.7 Å². The van der Waals surface area contributed by atoms with Crippen molar-refractivity contribution in [1.29, 1.82) is 0 Å². The third-order valence-electron chi connectivity index (χ3n) is 8.30. The number of piperidine rings is 1. The van der Waals surface area contributed by atoms with Crippen LogP contribution in [0.15, 0.2) is 12.4 Å². The van der Waals surface area contributed by atoms with Gasteiger partial charge in [-0.15, -0.1) is 11.3 Å². The maximum absolute atomic E-state index is 12.5. The molecule has 3 saturated heterocycles. The molecular weight excluding hydrogens is 470 g/mol. The Morgan fingerprint density at radius 3 is 2.53 bits per heavy atom. The molecule has 0 N–H and O–H groups in total. The van der Waals surface area contributed by atoms with Gasteiger partial charge in [0.1, 0.15) is 22.6 Å². The number of aryl methyl sites for hydroxylation is 1. The number of likely N-dealkylation sites (tertiary alicyclic amines) is 2. The highest BCUT2D eigenvalue weighted by Crippen LogP contribution is 2.45.